The zero-order valence-electron chi connectivity index (χ0n) is 12.2. The summed E-state index contributed by atoms with van der Waals surface area (Å²) in [6.45, 7) is 0. The Hall–Kier alpha value is -2.37. The van der Waals surface area contributed by atoms with Gasteiger partial charge in [-0.2, -0.15) is 0 Å². The number of allylic oxidation sites excluding steroid dienone is 1. The fourth-order valence-corrected chi connectivity index (χ4v) is 2.50. The molecular formula is C15H21N5O. The maximum absolute atomic E-state index is 12.3. The first kappa shape index (κ1) is 15.0. The molecule has 6 nitrogen and oxygen atoms in total. The van der Waals surface area contributed by atoms with Crippen LogP contribution in [0.1, 0.15) is 41.6 Å². The summed E-state index contributed by atoms with van der Waals surface area (Å²) in [5.74, 6) is 0.0395. The molecule has 1 aromatic heterocycles. The van der Waals surface area contributed by atoms with E-state index in [2.05, 4.69) is 15.3 Å². The van der Waals surface area contributed by atoms with Crippen LogP contribution in [-0.2, 0) is 0 Å². The van der Waals surface area contributed by atoms with Gasteiger partial charge >= 0.3 is 0 Å². The highest BCUT2D eigenvalue weighted by Crippen LogP contribution is 2.20. The minimum atomic E-state index is -0.182. The summed E-state index contributed by atoms with van der Waals surface area (Å²) in [5.41, 5.74) is 13.2. The lowest BCUT2D eigenvalue weighted by molar-refractivity contribution is 0.0938. The molecular weight excluding hydrogens is 266 g/mol. The first-order valence-corrected chi connectivity index (χ1v) is 7.06. The Morgan fingerprint density at radius 3 is 2.81 bits per heavy atom. The number of nitrogens with two attached hydrogens (primary N) is 2. The van der Waals surface area contributed by atoms with Crippen molar-refractivity contribution in [3.63, 3.8) is 0 Å². The summed E-state index contributed by atoms with van der Waals surface area (Å²) >= 11 is 0. The van der Waals surface area contributed by atoms with Crippen molar-refractivity contribution < 1.29 is 4.79 Å². The Morgan fingerprint density at radius 2 is 2.19 bits per heavy atom. The monoisotopic (exact) mass is 287 g/mol. The van der Waals surface area contributed by atoms with E-state index in [1.54, 1.807) is 25.5 Å². The zero-order valence-corrected chi connectivity index (χ0v) is 12.2. The minimum absolute atomic E-state index is 0.182. The van der Waals surface area contributed by atoms with Crippen LogP contribution in [0, 0.1) is 0 Å². The summed E-state index contributed by atoms with van der Waals surface area (Å²) < 4.78 is 0. The van der Waals surface area contributed by atoms with Gasteiger partial charge in [0.2, 0.25) is 0 Å². The van der Waals surface area contributed by atoms with E-state index in [1.165, 1.54) is 6.20 Å². The topological polar surface area (TPSA) is 106 Å². The van der Waals surface area contributed by atoms with E-state index >= 15 is 0 Å². The SMILES string of the molecule is CN=CC(=CN)c1cnc(N)c(C(=O)NC2CCCC2)c1. The molecule has 0 unspecified atom stereocenters. The van der Waals surface area contributed by atoms with E-state index in [0.29, 0.717) is 16.7 Å². The maximum Gasteiger partial charge on any atom is 0.255 e. The molecule has 0 spiro atoms. The molecule has 0 radical (unpaired) electrons. The van der Waals surface area contributed by atoms with Crippen LogP contribution in [0.5, 0.6) is 0 Å². The second-order valence-electron chi connectivity index (χ2n) is 5.12. The first-order chi connectivity index (χ1) is 10.2. The second kappa shape index (κ2) is 6.88. The predicted molar refractivity (Wildman–Crippen MR) is 85.0 cm³/mol. The van der Waals surface area contributed by atoms with Gasteiger partial charge in [-0.1, -0.05) is 12.8 Å². The fraction of sp³-hybridized carbons (Fsp3) is 0.400. The van der Waals surface area contributed by atoms with Crippen LogP contribution in [-0.4, -0.2) is 30.2 Å². The van der Waals surface area contributed by atoms with Crippen molar-refractivity contribution in [2.24, 2.45) is 10.7 Å². The molecule has 112 valence electrons. The number of aromatic nitrogens is 1. The Labute approximate surface area is 124 Å². The summed E-state index contributed by atoms with van der Waals surface area (Å²) in [4.78, 5) is 20.3. The molecule has 1 aromatic rings. The van der Waals surface area contributed by atoms with Crippen molar-refractivity contribution in [2.45, 2.75) is 31.7 Å². The lowest BCUT2D eigenvalue weighted by Gasteiger charge is -2.13. The van der Waals surface area contributed by atoms with Crippen LogP contribution in [0.2, 0.25) is 0 Å². The van der Waals surface area contributed by atoms with E-state index in [0.717, 1.165) is 25.7 Å². The second-order valence-corrected chi connectivity index (χ2v) is 5.12. The number of hydrogen-bond donors (Lipinski definition) is 3. The van der Waals surface area contributed by atoms with E-state index in [1.807, 2.05) is 0 Å². The highest BCUT2D eigenvalue weighted by atomic mass is 16.1. The third-order valence-electron chi connectivity index (χ3n) is 3.63. The van der Waals surface area contributed by atoms with Crippen LogP contribution in [0.4, 0.5) is 5.82 Å². The summed E-state index contributed by atoms with van der Waals surface area (Å²) in [6.07, 6.45) is 8.99. The third kappa shape index (κ3) is 3.59. The van der Waals surface area contributed by atoms with Crippen molar-refractivity contribution in [1.29, 1.82) is 0 Å². The van der Waals surface area contributed by atoms with E-state index in [4.69, 9.17) is 11.5 Å². The molecule has 1 amide bonds. The van der Waals surface area contributed by atoms with Gasteiger partial charge in [-0.05, 0) is 18.9 Å². The first-order valence-electron chi connectivity index (χ1n) is 7.06. The molecule has 1 saturated carbocycles. The van der Waals surface area contributed by atoms with Crippen LogP contribution < -0.4 is 16.8 Å². The Balaban J connectivity index is 2.23. The van der Waals surface area contributed by atoms with Crippen molar-refractivity contribution >= 4 is 23.5 Å². The van der Waals surface area contributed by atoms with Crippen LogP contribution in [0.3, 0.4) is 0 Å². The van der Waals surface area contributed by atoms with Gasteiger partial charge in [0.1, 0.15) is 5.82 Å². The molecule has 0 bridgehead atoms. The number of rotatable bonds is 4. The summed E-state index contributed by atoms with van der Waals surface area (Å²) in [5, 5.41) is 3.01. The number of pyridine rings is 1. The summed E-state index contributed by atoms with van der Waals surface area (Å²) in [7, 11) is 1.65. The van der Waals surface area contributed by atoms with Gasteiger partial charge in [-0.25, -0.2) is 4.98 Å². The van der Waals surface area contributed by atoms with Gasteiger partial charge in [0.05, 0.1) is 5.56 Å². The normalized spacial score (nSPS) is 16.5. The minimum Gasteiger partial charge on any atom is -0.404 e. The average Bonchev–Trinajstić information content (AvgIpc) is 2.98. The maximum atomic E-state index is 12.3. The molecule has 2 rings (SSSR count). The molecule has 1 heterocycles. The van der Waals surface area contributed by atoms with E-state index in [-0.39, 0.29) is 17.8 Å². The molecule has 0 atom stereocenters. The fourth-order valence-electron chi connectivity index (χ4n) is 2.50. The third-order valence-corrected chi connectivity index (χ3v) is 3.63. The van der Waals surface area contributed by atoms with Crippen molar-refractivity contribution in [3.05, 3.63) is 29.6 Å². The number of carbonyl (C=O) groups is 1. The van der Waals surface area contributed by atoms with Crippen molar-refractivity contribution in [1.82, 2.24) is 10.3 Å². The lowest BCUT2D eigenvalue weighted by Crippen LogP contribution is -2.33. The van der Waals surface area contributed by atoms with Crippen molar-refractivity contribution in [2.75, 3.05) is 12.8 Å². The number of aliphatic imine (C=N–C) groups is 1. The van der Waals surface area contributed by atoms with Gasteiger partial charge < -0.3 is 16.8 Å². The Morgan fingerprint density at radius 1 is 1.48 bits per heavy atom. The molecule has 0 aliphatic heterocycles. The smallest absolute Gasteiger partial charge is 0.255 e. The lowest BCUT2D eigenvalue weighted by atomic mass is 10.1. The molecule has 1 aliphatic rings. The quantitative estimate of drug-likeness (QED) is 0.726. The molecule has 1 aliphatic carbocycles. The largest absolute Gasteiger partial charge is 0.404 e. The van der Waals surface area contributed by atoms with Gasteiger partial charge in [-0.15, -0.1) is 0 Å². The highest BCUT2D eigenvalue weighted by Gasteiger charge is 2.20. The number of carbonyl (C=O) groups excluding carboxylic acids is 1. The predicted octanol–water partition coefficient (Wildman–Crippen LogP) is 1.34. The number of nitrogen functional groups attached to an aromatic ring is 1. The number of nitrogens with one attached hydrogen (secondary N) is 1. The van der Waals surface area contributed by atoms with Crippen molar-refractivity contribution in [3.8, 4) is 0 Å². The number of hydrogen-bond acceptors (Lipinski definition) is 5. The average molecular weight is 287 g/mol. The van der Waals surface area contributed by atoms with Gasteiger partial charge in [0.15, 0.2) is 0 Å². The molecule has 0 saturated heterocycles. The molecule has 21 heavy (non-hydrogen) atoms. The molecule has 0 aromatic carbocycles. The van der Waals surface area contributed by atoms with Crippen LogP contribution in [0.15, 0.2) is 23.5 Å². The molecule has 6 heteroatoms. The standard InChI is InChI=1S/C15H21N5O/c1-18-8-11(7-16)10-6-13(14(17)19-9-10)15(21)20-12-4-2-3-5-12/h6-9,12H,2-5,16H2,1H3,(H2,17,19)(H,20,21). The van der Waals surface area contributed by atoms with Gasteiger partial charge in [0, 0.05) is 42.8 Å². The highest BCUT2D eigenvalue weighted by molar-refractivity contribution is 6.10. The number of anilines is 1. The Bertz CT molecular complexity index is 573. The molecule has 1 fully saturated rings. The number of nitrogens with zero attached hydrogens (tertiary/aromatic N) is 2. The zero-order chi connectivity index (χ0) is 15.2. The Kier molecular flexibility index (Phi) is 4.92. The van der Waals surface area contributed by atoms with E-state index < -0.39 is 0 Å². The van der Waals surface area contributed by atoms with Gasteiger partial charge in [0.25, 0.3) is 5.91 Å². The van der Waals surface area contributed by atoms with E-state index in [9.17, 15) is 4.79 Å². The van der Waals surface area contributed by atoms with Gasteiger partial charge in [-0.3, -0.25) is 9.79 Å². The van der Waals surface area contributed by atoms with Crippen LogP contribution in [0.25, 0.3) is 5.57 Å². The number of amides is 1. The summed E-state index contributed by atoms with van der Waals surface area (Å²) in [6, 6.07) is 1.94. The van der Waals surface area contributed by atoms with Crippen LogP contribution >= 0.6 is 0 Å². The molecule has 5 N–H and O–H groups in total.